The first-order chi connectivity index (χ1) is 11.1. The van der Waals surface area contributed by atoms with E-state index in [4.69, 9.17) is 0 Å². The number of benzene rings is 2. The molecule has 1 heterocycles. The van der Waals surface area contributed by atoms with Crippen LogP contribution in [0.3, 0.4) is 0 Å². The molecule has 23 heavy (non-hydrogen) atoms. The highest BCUT2D eigenvalue weighted by Gasteiger charge is 2.34. The van der Waals surface area contributed by atoms with Gasteiger partial charge in [0.25, 0.3) is 0 Å². The summed E-state index contributed by atoms with van der Waals surface area (Å²) in [6, 6.07) is 15.7. The van der Waals surface area contributed by atoms with E-state index >= 15 is 0 Å². The van der Waals surface area contributed by atoms with Crippen LogP contribution in [0.1, 0.15) is 17.2 Å². The predicted molar refractivity (Wildman–Crippen MR) is 84.0 cm³/mol. The Morgan fingerprint density at radius 3 is 2.61 bits per heavy atom. The molecule has 2 aromatic carbocycles. The largest absolute Gasteiger partial charge is 0.345 e. The van der Waals surface area contributed by atoms with Crippen molar-refractivity contribution in [2.75, 3.05) is 13.1 Å². The van der Waals surface area contributed by atoms with E-state index in [9.17, 15) is 14.0 Å². The van der Waals surface area contributed by atoms with Gasteiger partial charge in [-0.05, 0) is 29.7 Å². The van der Waals surface area contributed by atoms with E-state index in [1.807, 2.05) is 36.4 Å². The molecular formula is C18H17FN2O2. The minimum absolute atomic E-state index is 0.199. The lowest BCUT2D eigenvalue weighted by molar-refractivity contribution is -0.150. The molecule has 4 nitrogen and oxygen atoms in total. The van der Waals surface area contributed by atoms with Gasteiger partial charge in [-0.15, -0.1) is 0 Å². The molecule has 1 fully saturated rings. The zero-order valence-electron chi connectivity index (χ0n) is 12.5. The Labute approximate surface area is 133 Å². The van der Waals surface area contributed by atoms with Crippen molar-refractivity contribution in [2.45, 2.75) is 12.5 Å². The lowest BCUT2D eigenvalue weighted by Crippen LogP contribution is -2.54. The van der Waals surface area contributed by atoms with E-state index in [1.54, 1.807) is 11.0 Å². The number of hydrogen-bond acceptors (Lipinski definition) is 2. The van der Waals surface area contributed by atoms with Gasteiger partial charge in [0.2, 0.25) is 0 Å². The van der Waals surface area contributed by atoms with Gasteiger partial charge < -0.3 is 10.2 Å². The molecule has 0 radical (unpaired) electrons. The fraction of sp³-hybridized carbons (Fsp3) is 0.222. The van der Waals surface area contributed by atoms with E-state index in [2.05, 4.69) is 5.32 Å². The van der Waals surface area contributed by atoms with E-state index in [1.165, 1.54) is 12.1 Å². The van der Waals surface area contributed by atoms with Gasteiger partial charge >= 0.3 is 11.8 Å². The third-order valence-corrected chi connectivity index (χ3v) is 4.00. The van der Waals surface area contributed by atoms with Gasteiger partial charge in [-0.1, -0.05) is 42.5 Å². The number of nitrogens with zero attached hydrogens (tertiary/aromatic N) is 1. The van der Waals surface area contributed by atoms with Crippen LogP contribution in [0.4, 0.5) is 4.39 Å². The summed E-state index contributed by atoms with van der Waals surface area (Å²) in [6.07, 6.45) is 0.500. The number of halogens is 1. The highest BCUT2D eigenvalue weighted by atomic mass is 19.1. The Kier molecular flexibility index (Phi) is 4.37. The molecule has 1 saturated heterocycles. The fourth-order valence-corrected chi connectivity index (χ4v) is 2.82. The quantitative estimate of drug-likeness (QED) is 0.879. The molecule has 2 aromatic rings. The SMILES string of the molecule is O=C1NCC(c2ccccc2)N(CCc2cccc(F)c2)C1=O. The van der Waals surface area contributed by atoms with Crippen LogP contribution in [0.15, 0.2) is 54.6 Å². The van der Waals surface area contributed by atoms with Crippen LogP contribution in [0.25, 0.3) is 0 Å². The van der Waals surface area contributed by atoms with Crippen molar-refractivity contribution in [1.29, 1.82) is 0 Å². The molecule has 118 valence electrons. The fourth-order valence-electron chi connectivity index (χ4n) is 2.82. The maximum atomic E-state index is 13.3. The second-order valence-corrected chi connectivity index (χ2v) is 5.51. The Hall–Kier alpha value is -2.69. The molecule has 1 unspecified atom stereocenters. The predicted octanol–water partition coefficient (Wildman–Crippen LogP) is 2.07. The minimum atomic E-state index is -0.587. The standard InChI is InChI=1S/C18H17FN2O2/c19-15-8-4-5-13(11-15)9-10-21-16(12-20-17(22)18(21)23)14-6-2-1-3-7-14/h1-8,11,16H,9-10,12H2,(H,20,22). The average molecular weight is 312 g/mol. The molecule has 0 bridgehead atoms. The topological polar surface area (TPSA) is 49.4 Å². The van der Waals surface area contributed by atoms with Gasteiger partial charge in [0.1, 0.15) is 5.82 Å². The van der Waals surface area contributed by atoms with Crippen molar-refractivity contribution in [2.24, 2.45) is 0 Å². The van der Waals surface area contributed by atoms with Gasteiger partial charge in [-0.3, -0.25) is 9.59 Å². The smallest absolute Gasteiger partial charge is 0.312 e. The van der Waals surface area contributed by atoms with E-state index in [0.29, 0.717) is 19.5 Å². The third-order valence-electron chi connectivity index (χ3n) is 4.00. The first kappa shape index (κ1) is 15.2. The molecule has 1 N–H and O–H groups in total. The van der Waals surface area contributed by atoms with Crippen molar-refractivity contribution in [3.63, 3.8) is 0 Å². The van der Waals surface area contributed by atoms with Crippen molar-refractivity contribution in [3.05, 3.63) is 71.5 Å². The zero-order chi connectivity index (χ0) is 16.2. The van der Waals surface area contributed by atoms with Crippen LogP contribution < -0.4 is 5.32 Å². The number of amides is 2. The zero-order valence-corrected chi connectivity index (χ0v) is 12.5. The minimum Gasteiger partial charge on any atom is -0.345 e. The summed E-state index contributed by atoms with van der Waals surface area (Å²) in [5.74, 6) is -1.43. The van der Waals surface area contributed by atoms with E-state index in [-0.39, 0.29) is 11.9 Å². The van der Waals surface area contributed by atoms with Gasteiger partial charge in [-0.25, -0.2) is 4.39 Å². The number of nitrogens with one attached hydrogen (secondary N) is 1. The lowest BCUT2D eigenvalue weighted by atomic mass is 10.0. The molecule has 3 rings (SSSR count). The number of piperazine rings is 1. The van der Waals surface area contributed by atoms with Gasteiger partial charge in [0.05, 0.1) is 6.04 Å². The summed E-state index contributed by atoms with van der Waals surface area (Å²) < 4.78 is 13.3. The maximum Gasteiger partial charge on any atom is 0.312 e. The summed E-state index contributed by atoms with van der Waals surface area (Å²) in [4.78, 5) is 25.5. The highest BCUT2D eigenvalue weighted by Crippen LogP contribution is 2.23. The van der Waals surface area contributed by atoms with Gasteiger partial charge in [0.15, 0.2) is 0 Å². The van der Waals surface area contributed by atoms with Crippen molar-refractivity contribution in [3.8, 4) is 0 Å². The number of hydrogen-bond donors (Lipinski definition) is 1. The summed E-state index contributed by atoms with van der Waals surface area (Å²) in [5.41, 5.74) is 1.77. The second-order valence-electron chi connectivity index (χ2n) is 5.51. The molecule has 1 aliphatic rings. The second kappa shape index (κ2) is 6.60. The van der Waals surface area contributed by atoms with E-state index in [0.717, 1.165) is 11.1 Å². The van der Waals surface area contributed by atoms with Crippen LogP contribution >= 0.6 is 0 Å². The molecular weight excluding hydrogens is 295 g/mol. The first-order valence-electron chi connectivity index (χ1n) is 7.53. The van der Waals surface area contributed by atoms with Gasteiger partial charge in [0, 0.05) is 13.1 Å². The molecule has 0 aliphatic carbocycles. The molecule has 5 heteroatoms. The number of carbonyl (C=O) groups is 2. The molecule has 0 aromatic heterocycles. The van der Waals surface area contributed by atoms with Crippen molar-refractivity contribution in [1.82, 2.24) is 10.2 Å². The van der Waals surface area contributed by atoms with Gasteiger partial charge in [-0.2, -0.15) is 0 Å². The third kappa shape index (κ3) is 3.39. The van der Waals surface area contributed by atoms with Crippen molar-refractivity contribution >= 4 is 11.8 Å². The summed E-state index contributed by atoms with van der Waals surface area (Å²) in [7, 11) is 0. The van der Waals surface area contributed by atoms with Crippen LogP contribution in [0, 0.1) is 5.82 Å². The number of carbonyl (C=O) groups excluding carboxylic acids is 2. The monoisotopic (exact) mass is 312 g/mol. The van der Waals surface area contributed by atoms with Crippen LogP contribution in [0.5, 0.6) is 0 Å². The normalized spacial score (nSPS) is 18.0. The molecule has 2 amide bonds. The Morgan fingerprint density at radius 2 is 1.87 bits per heavy atom. The van der Waals surface area contributed by atoms with Crippen LogP contribution in [0.2, 0.25) is 0 Å². The molecule has 0 saturated carbocycles. The highest BCUT2D eigenvalue weighted by molar-refractivity contribution is 6.35. The van der Waals surface area contributed by atoms with E-state index < -0.39 is 11.8 Å². The van der Waals surface area contributed by atoms with Crippen LogP contribution in [-0.4, -0.2) is 29.8 Å². The van der Waals surface area contributed by atoms with Crippen LogP contribution in [-0.2, 0) is 16.0 Å². The molecule has 0 spiro atoms. The summed E-state index contributed by atoms with van der Waals surface area (Å²) in [6.45, 7) is 0.757. The molecule has 1 atom stereocenters. The van der Waals surface area contributed by atoms with Crippen molar-refractivity contribution < 1.29 is 14.0 Å². The first-order valence-corrected chi connectivity index (χ1v) is 7.53. The summed E-state index contributed by atoms with van der Waals surface area (Å²) >= 11 is 0. The molecule has 1 aliphatic heterocycles. The number of rotatable bonds is 4. The maximum absolute atomic E-state index is 13.3. The Balaban J connectivity index is 1.79. The Bertz CT molecular complexity index is 718. The average Bonchev–Trinajstić information content (AvgIpc) is 2.57. The Morgan fingerprint density at radius 1 is 1.09 bits per heavy atom. The lowest BCUT2D eigenvalue weighted by Gasteiger charge is -2.35. The summed E-state index contributed by atoms with van der Waals surface area (Å²) in [5, 5.41) is 2.63.